The molecule has 0 aliphatic heterocycles. The van der Waals surface area contributed by atoms with Crippen LogP contribution in [0.4, 0.5) is 0 Å². The van der Waals surface area contributed by atoms with E-state index in [9.17, 15) is 0 Å². The Labute approximate surface area is 730 Å². The number of rotatable bonds is 4. The van der Waals surface area contributed by atoms with E-state index in [4.69, 9.17) is 0 Å². The lowest BCUT2D eigenvalue weighted by molar-refractivity contribution is 1.52. The van der Waals surface area contributed by atoms with Crippen molar-refractivity contribution in [1.82, 2.24) is 0 Å². The highest BCUT2D eigenvalue weighted by Crippen LogP contribution is 2.58. The lowest BCUT2D eigenvalue weighted by Crippen LogP contribution is -2.00. The first-order chi connectivity index (χ1) is 61.5. The van der Waals surface area contributed by atoms with Crippen molar-refractivity contribution in [2.75, 3.05) is 0 Å². The van der Waals surface area contributed by atoms with E-state index in [1.54, 1.807) is 0 Å². The third-order valence-electron chi connectivity index (χ3n) is 26.9. The van der Waals surface area contributed by atoms with Crippen molar-refractivity contribution in [3.05, 3.63) is 413 Å². The molecule has 0 saturated heterocycles. The van der Waals surface area contributed by atoms with E-state index in [1.165, 1.54) is 279 Å². The Kier molecular flexibility index (Phi) is 15.5. The summed E-state index contributed by atoms with van der Waals surface area (Å²) in [5, 5.41) is 26.0. The van der Waals surface area contributed by atoms with Crippen LogP contribution in [0.25, 0.3) is 279 Å². The molecule has 0 bridgehead atoms. The maximum absolute atomic E-state index is 2.51. The van der Waals surface area contributed by atoms with Crippen LogP contribution in [0, 0.1) is 0 Å². The second-order valence-electron chi connectivity index (χ2n) is 33.4. The molecule has 0 fully saturated rings. The van der Waals surface area contributed by atoms with Gasteiger partial charge in [-0.15, -0.1) is 45.3 Å². The molecule has 4 heteroatoms. The van der Waals surface area contributed by atoms with Crippen molar-refractivity contribution in [3.63, 3.8) is 0 Å². The third-order valence-corrected chi connectivity index (χ3v) is 31.5. The lowest BCUT2D eigenvalue weighted by Gasteiger charge is -2.26. The van der Waals surface area contributed by atoms with Crippen LogP contribution in [-0.4, -0.2) is 0 Å². The molecule has 22 aromatic carbocycles. The summed E-state index contributed by atoms with van der Waals surface area (Å²) in [6.07, 6.45) is 0. The highest BCUT2D eigenvalue weighted by molar-refractivity contribution is 7.27. The molecule has 0 atom stereocenters. The Bertz CT molecular complexity index is 9150. The molecule has 28 rings (SSSR count). The molecule has 26 aromatic rings. The Balaban J connectivity index is 0.000000130. The fourth-order valence-electron chi connectivity index (χ4n) is 21.2. The first-order valence-electron chi connectivity index (χ1n) is 42.6. The predicted molar refractivity (Wildman–Crippen MR) is 542 cm³/mol. The van der Waals surface area contributed by atoms with Crippen LogP contribution in [0.1, 0.15) is 0 Å². The molecule has 2 aliphatic rings. The summed E-state index contributed by atoms with van der Waals surface area (Å²) in [6, 6.07) is 156. The van der Waals surface area contributed by atoms with E-state index in [1.807, 2.05) is 45.3 Å². The second kappa shape index (κ2) is 27.4. The minimum Gasteiger partial charge on any atom is -0.135 e. The average Bonchev–Trinajstić information content (AvgIpc) is 1.00. The van der Waals surface area contributed by atoms with Gasteiger partial charge in [0.25, 0.3) is 0 Å². The van der Waals surface area contributed by atoms with Crippen molar-refractivity contribution in [2.45, 2.75) is 0 Å². The minimum atomic E-state index is 1.22. The standard InChI is InChI=1S/2C60H34S2/c1-3-14-41-39(12-1)40-13-2-4-15-42(40)51-34-53-44-27-24-35(36-25-28-58-54(31-36)45-17-7-9-22-56(45)61-58)30-49(44)48-21-11-20-38(60(48)47-19-6-5-16-43(47)52(53)33-50(41)51)37-26-29-59-55(32-37)46-18-8-10-23-57(46)62-59;1-3-14-41-39(12-1)40-13-2-4-15-42(40)51-34-53-48-21-11-20-38(37-26-29-59-55(32-37)46-18-8-10-23-57(46)62-59)60(48)47-19-6-5-16-43(47)49-30-35(24-27-44(49)52(53)33-50(41)51)36-25-28-58-54(31-36)45-17-7-9-22-56(45)61-58/h2*1-34H. The fourth-order valence-corrected chi connectivity index (χ4v) is 25.6. The van der Waals surface area contributed by atoms with Crippen LogP contribution < -0.4 is 0 Å². The molecule has 0 N–H and O–H groups in total. The molecular weight excluding hydrogens is 1570 g/mol. The van der Waals surface area contributed by atoms with Crippen molar-refractivity contribution in [1.29, 1.82) is 0 Å². The Morgan fingerprint density at radius 2 is 0.298 bits per heavy atom. The van der Waals surface area contributed by atoms with Crippen LogP contribution in [0.3, 0.4) is 0 Å². The number of hydrogen-bond donors (Lipinski definition) is 0. The van der Waals surface area contributed by atoms with E-state index in [0.29, 0.717) is 0 Å². The summed E-state index contributed by atoms with van der Waals surface area (Å²) in [6.45, 7) is 0. The van der Waals surface area contributed by atoms with Crippen molar-refractivity contribution < 1.29 is 0 Å². The van der Waals surface area contributed by atoms with Gasteiger partial charge in [-0.2, -0.15) is 0 Å². The average molecular weight is 1640 g/mol. The Morgan fingerprint density at radius 1 is 0.0968 bits per heavy atom. The van der Waals surface area contributed by atoms with E-state index in [0.717, 1.165) is 0 Å². The van der Waals surface area contributed by atoms with Crippen LogP contribution in [0.15, 0.2) is 413 Å². The van der Waals surface area contributed by atoms with Gasteiger partial charge in [0.1, 0.15) is 0 Å². The Hall–Kier alpha value is -14.7. The first-order valence-corrected chi connectivity index (χ1v) is 45.9. The van der Waals surface area contributed by atoms with Gasteiger partial charge in [0, 0.05) is 80.7 Å². The zero-order valence-corrected chi connectivity index (χ0v) is 70.2. The van der Waals surface area contributed by atoms with Gasteiger partial charge in [-0.25, -0.2) is 0 Å². The quantitative estimate of drug-likeness (QED) is 0.154. The summed E-state index contributed by atoms with van der Waals surface area (Å²) in [7, 11) is 0. The topological polar surface area (TPSA) is 0 Å². The molecule has 572 valence electrons. The second-order valence-corrected chi connectivity index (χ2v) is 37.7. The van der Waals surface area contributed by atoms with Gasteiger partial charge in [0.05, 0.1) is 0 Å². The molecule has 4 heterocycles. The SMILES string of the molecule is c1ccc2c(c1)-c1cc(-c3ccc4sc5ccccc5c4c3)ccc1-c1cc3c4ccccc4c4ccccc4c3cc1-c1cccc(-c3ccc4sc5ccccc5c4c3)c1-2.c1ccc2c(c1)-c1cc3c4ccccc4c4ccccc4c3cc1-c1ccc(-c3ccc4sc5ccccc5c4c3)cc1-c1cccc(-c3ccc4sc5ccccc5c4c3)c1-2. The summed E-state index contributed by atoms with van der Waals surface area (Å²) >= 11 is 7.50. The zero-order valence-electron chi connectivity index (χ0n) is 66.9. The molecule has 0 unspecified atom stereocenters. The van der Waals surface area contributed by atoms with Crippen molar-refractivity contribution >= 4 is 191 Å². The molecule has 0 spiro atoms. The molecule has 124 heavy (non-hydrogen) atoms. The van der Waals surface area contributed by atoms with Gasteiger partial charge in [-0.05, 0) is 307 Å². The third kappa shape index (κ3) is 10.7. The molecule has 2 aliphatic carbocycles. The molecule has 0 amide bonds. The largest absolute Gasteiger partial charge is 0.135 e. The van der Waals surface area contributed by atoms with Crippen molar-refractivity contribution in [3.8, 4) is 134 Å². The van der Waals surface area contributed by atoms with Crippen molar-refractivity contribution in [2.24, 2.45) is 0 Å². The molecule has 0 nitrogen and oxygen atoms in total. The monoisotopic (exact) mass is 1640 g/mol. The number of benzene rings is 22. The first kappa shape index (κ1) is 70.0. The summed E-state index contributed by atoms with van der Waals surface area (Å²) in [5.41, 5.74) is 29.9. The summed E-state index contributed by atoms with van der Waals surface area (Å²) in [4.78, 5) is 0. The maximum atomic E-state index is 2.51. The fraction of sp³-hybridized carbons (Fsp3) is 0. The molecule has 0 saturated carbocycles. The molecule has 4 aromatic heterocycles. The van der Waals surface area contributed by atoms with Gasteiger partial charge >= 0.3 is 0 Å². The van der Waals surface area contributed by atoms with Gasteiger partial charge in [0.2, 0.25) is 0 Å². The number of hydrogen-bond acceptors (Lipinski definition) is 4. The van der Waals surface area contributed by atoms with Gasteiger partial charge < -0.3 is 0 Å². The minimum absolute atomic E-state index is 1.22. The van der Waals surface area contributed by atoms with E-state index < -0.39 is 0 Å². The molecular formula is C120H68S4. The van der Waals surface area contributed by atoms with Gasteiger partial charge in [-0.3, -0.25) is 0 Å². The van der Waals surface area contributed by atoms with Gasteiger partial charge in [-0.1, -0.05) is 303 Å². The van der Waals surface area contributed by atoms with E-state index in [2.05, 4.69) is 413 Å². The van der Waals surface area contributed by atoms with Crippen LogP contribution in [0.5, 0.6) is 0 Å². The zero-order chi connectivity index (χ0) is 80.9. The normalized spacial score (nSPS) is 12.2. The molecule has 0 radical (unpaired) electrons. The maximum Gasteiger partial charge on any atom is 0.0355 e. The Morgan fingerprint density at radius 3 is 0.629 bits per heavy atom. The van der Waals surface area contributed by atoms with E-state index in [-0.39, 0.29) is 0 Å². The van der Waals surface area contributed by atoms with Gasteiger partial charge in [0.15, 0.2) is 0 Å². The summed E-state index contributed by atoms with van der Waals surface area (Å²) < 4.78 is 10.6. The van der Waals surface area contributed by atoms with Crippen LogP contribution in [0.2, 0.25) is 0 Å². The highest BCUT2D eigenvalue weighted by Gasteiger charge is 2.30. The smallest absolute Gasteiger partial charge is 0.0355 e. The van der Waals surface area contributed by atoms with E-state index >= 15 is 0 Å². The lowest BCUT2D eigenvalue weighted by atomic mass is 9.77. The highest BCUT2D eigenvalue weighted by atomic mass is 32.1. The van der Waals surface area contributed by atoms with Crippen LogP contribution in [-0.2, 0) is 0 Å². The number of thiophene rings is 4. The summed E-state index contributed by atoms with van der Waals surface area (Å²) in [5.74, 6) is 0. The van der Waals surface area contributed by atoms with Crippen LogP contribution >= 0.6 is 45.3 Å². The predicted octanol–water partition coefficient (Wildman–Crippen LogP) is 36.4. The number of fused-ring (bicyclic) bond motifs is 40.